The van der Waals surface area contributed by atoms with Crippen molar-refractivity contribution in [2.45, 2.75) is 38.7 Å². The van der Waals surface area contributed by atoms with Gasteiger partial charge in [0.1, 0.15) is 5.92 Å². The third-order valence-corrected chi connectivity index (χ3v) is 6.56. The molecule has 0 unspecified atom stereocenters. The van der Waals surface area contributed by atoms with E-state index in [9.17, 15) is 24.8 Å². The zero-order valence-corrected chi connectivity index (χ0v) is 21.2. The molecule has 0 saturated heterocycles. The summed E-state index contributed by atoms with van der Waals surface area (Å²) >= 11 is 0. The highest BCUT2D eigenvalue weighted by atomic mass is 16.7. The summed E-state index contributed by atoms with van der Waals surface area (Å²) in [4.78, 5) is 37.1. The van der Waals surface area contributed by atoms with E-state index < -0.39 is 40.2 Å². The molecule has 2 aromatic rings. The van der Waals surface area contributed by atoms with Crippen LogP contribution >= 0.6 is 0 Å². The van der Waals surface area contributed by atoms with Gasteiger partial charge in [0.2, 0.25) is 6.79 Å². The Labute approximate surface area is 218 Å². The molecule has 0 amide bonds. The second kappa shape index (κ2) is 11.1. The molecular weight excluding hydrogens is 498 g/mol. The number of hydrogen-bond acceptors (Lipinski definition) is 11. The molecule has 202 valence electrons. The molecule has 12 nitrogen and oxygen atoms in total. The predicted molar refractivity (Wildman–Crippen MR) is 135 cm³/mol. The van der Waals surface area contributed by atoms with Crippen LogP contribution in [0.1, 0.15) is 38.7 Å². The molecule has 0 bridgehead atoms. The number of nitro benzene ring substituents is 1. The number of nitrogens with zero attached hydrogens (tertiary/aromatic N) is 2. The number of hydrazone groups is 1. The number of ether oxygens (including phenoxy) is 4. The number of rotatable bonds is 8. The minimum Gasteiger partial charge on any atom is -0.466 e. The number of nitrogens with one attached hydrogen (secondary N) is 1. The van der Waals surface area contributed by atoms with Crippen LogP contribution in [-0.2, 0) is 19.1 Å². The Morgan fingerprint density at radius 1 is 1.11 bits per heavy atom. The van der Waals surface area contributed by atoms with Crippen LogP contribution in [0.4, 0.5) is 11.4 Å². The lowest BCUT2D eigenvalue weighted by Gasteiger charge is -2.45. The third kappa shape index (κ3) is 5.40. The molecule has 2 N–H and O–H groups in total. The van der Waals surface area contributed by atoms with Gasteiger partial charge in [-0.05, 0) is 50.6 Å². The number of esters is 2. The maximum atomic E-state index is 13.4. The van der Waals surface area contributed by atoms with Gasteiger partial charge >= 0.3 is 11.9 Å². The van der Waals surface area contributed by atoms with Crippen LogP contribution < -0.4 is 14.9 Å². The summed E-state index contributed by atoms with van der Waals surface area (Å²) in [5.74, 6) is -3.42. The molecular formula is C26H29N3O9. The van der Waals surface area contributed by atoms with Crippen molar-refractivity contribution >= 4 is 29.0 Å². The van der Waals surface area contributed by atoms with Crippen molar-refractivity contribution in [1.29, 1.82) is 0 Å². The van der Waals surface area contributed by atoms with Crippen LogP contribution in [0.15, 0.2) is 47.6 Å². The summed E-state index contributed by atoms with van der Waals surface area (Å²) in [6.45, 7) is 5.04. The van der Waals surface area contributed by atoms with E-state index in [1.807, 2.05) is 0 Å². The number of hydrogen-bond donors (Lipinski definition) is 2. The van der Waals surface area contributed by atoms with E-state index in [0.717, 1.165) is 0 Å². The first-order valence-corrected chi connectivity index (χ1v) is 12.2. The molecule has 1 heterocycles. The fraction of sp³-hybridized carbons (Fsp3) is 0.423. The molecule has 0 spiro atoms. The Bertz CT molecular complexity index is 1240. The Balaban J connectivity index is 1.80. The maximum Gasteiger partial charge on any atom is 0.315 e. The topological polar surface area (TPSA) is 159 Å². The molecule has 0 aromatic heterocycles. The van der Waals surface area contributed by atoms with E-state index in [1.54, 1.807) is 32.0 Å². The van der Waals surface area contributed by atoms with Crippen LogP contribution in [-0.4, -0.2) is 53.3 Å². The number of carbonyl (C=O) groups excluding carboxylic acids is 2. The van der Waals surface area contributed by atoms with Crippen LogP contribution in [0, 0.1) is 22.0 Å². The second-order valence-electron chi connectivity index (χ2n) is 9.15. The molecule has 4 rings (SSSR count). The van der Waals surface area contributed by atoms with E-state index in [1.165, 1.54) is 31.2 Å². The van der Waals surface area contributed by atoms with Gasteiger partial charge in [-0.1, -0.05) is 6.07 Å². The van der Waals surface area contributed by atoms with Gasteiger partial charge in [0, 0.05) is 24.5 Å². The Morgan fingerprint density at radius 2 is 1.76 bits per heavy atom. The number of nitro groups is 1. The highest BCUT2D eigenvalue weighted by Crippen LogP contribution is 2.49. The Kier molecular flexibility index (Phi) is 7.81. The van der Waals surface area contributed by atoms with Gasteiger partial charge in [-0.3, -0.25) is 25.1 Å². The second-order valence-corrected chi connectivity index (χ2v) is 9.15. The highest BCUT2D eigenvalue weighted by Gasteiger charge is 2.56. The fourth-order valence-corrected chi connectivity index (χ4v) is 4.93. The summed E-state index contributed by atoms with van der Waals surface area (Å²) in [7, 11) is 0. The lowest BCUT2D eigenvalue weighted by molar-refractivity contribution is -0.384. The van der Waals surface area contributed by atoms with E-state index >= 15 is 0 Å². The van der Waals surface area contributed by atoms with E-state index in [-0.39, 0.29) is 37.8 Å². The van der Waals surface area contributed by atoms with Crippen LogP contribution in [0.2, 0.25) is 0 Å². The number of non-ortho nitro benzene ring substituents is 1. The van der Waals surface area contributed by atoms with Gasteiger partial charge in [-0.15, -0.1) is 0 Å². The van der Waals surface area contributed by atoms with Gasteiger partial charge in [0.25, 0.3) is 5.69 Å². The van der Waals surface area contributed by atoms with Gasteiger partial charge in [-0.25, -0.2) is 0 Å². The van der Waals surface area contributed by atoms with Gasteiger partial charge in [-0.2, -0.15) is 5.10 Å². The Hall–Kier alpha value is -4.19. The quantitative estimate of drug-likeness (QED) is 0.296. The molecule has 1 saturated carbocycles. The molecule has 2 aliphatic rings. The van der Waals surface area contributed by atoms with Crippen LogP contribution in [0.25, 0.3) is 0 Å². The zero-order valence-electron chi connectivity index (χ0n) is 21.2. The summed E-state index contributed by atoms with van der Waals surface area (Å²) in [5, 5.41) is 26.9. The van der Waals surface area contributed by atoms with Crippen molar-refractivity contribution in [1.82, 2.24) is 0 Å². The molecule has 38 heavy (non-hydrogen) atoms. The van der Waals surface area contributed by atoms with Crippen molar-refractivity contribution in [3.63, 3.8) is 0 Å². The van der Waals surface area contributed by atoms with Gasteiger partial charge in [0.15, 0.2) is 11.5 Å². The summed E-state index contributed by atoms with van der Waals surface area (Å²) in [6.07, 6.45) is -0.138. The van der Waals surface area contributed by atoms with E-state index in [0.29, 0.717) is 22.7 Å². The highest BCUT2D eigenvalue weighted by molar-refractivity contribution is 6.06. The summed E-state index contributed by atoms with van der Waals surface area (Å²) in [5.41, 5.74) is 2.29. The minimum absolute atomic E-state index is 0.0373. The largest absolute Gasteiger partial charge is 0.466 e. The third-order valence-electron chi connectivity index (χ3n) is 6.56. The summed E-state index contributed by atoms with van der Waals surface area (Å²) < 4.78 is 21.6. The van der Waals surface area contributed by atoms with Gasteiger partial charge < -0.3 is 24.1 Å². The molecule has 0 radical (unpaired) electrons. The molecule has 1 aliphatic heterocycles. The zero-order chi connectivity index (χ0) is 27.4. The first kappa shape index (κ1) is 26.9. The SMILES string of the molecule is CCOC(=O)[C@H]1C(=NNc2ccc([N+](=O)[O-])cc2)C[C@](C)(O)[C@@H](C(=O)OCC)[C@H]1c1ccc2c(c1)OCO2. The van der Waals surface area contributed by atoms with Crippen LogP contribution in [0.5, 0.6) is 11.5 Å². The fourth-order valence-electron chi connectivity index (χ4n) is 4.93. The lowest BCUT2D eigenvalue weighted by Crippen LogP contribution is -2.55. The van der Waals surface area contributed by atoms with Crippen molar-refractivity contribution in [3.05, 3.63) is 58.1 Å². The Morgan fingerprint density at radius 3 is 2.42 bits per heavy atom. The van der Waals surface area contributed by atoms with Crippen LogP contribution in [0.3, 0.4) is 0 Å². The van der Waals surface area contributed by atoms with E-state index in [4.69, 9.17) is 18.9 Å². The van der Waals surface area contributed by atoms with Gasteiger partial charge in [0.05, 0.1) is 41.1 Å². The predicted octanol–water partition coefficient (Wildman–Crippen LogP) is 3.39. The number of carbonyl (C=O) groups is 2. The smallest absolute Gasteiger partial charge is 0.315 e. The summed E-state index contributed by atoms with van der Waals surface area (Å²) in [6, 6.07) is 10.6. The molecule has 4 atom stereocenters. The number of anilines is 1. The molecule has 1 fully saturated rings. The van der Waals surface area contributed by atoms with E-state index in [2.05, 4.69) is 10.5 Å². The van der Waals surface area contributed by atoms with Crippen molar-refractivity contribution in [2.24, 2.45) is 16.9 Å². The standard InChI is InChI=1S/C26H29N3O9/c1-4-35-24(30)22-18(28-27-16-7-9-17(10-8-16)29(33)34)13-26(3,32)23(25(31)36-5-2)21(22)15-6-11-19-20(12-15)38-14-37-19/h6-12,21-23,27,32H,4-5,13-14H2,1-3H3/t21-,22-,23+,26-/m0/s1. The molecule has 1 aliphatic carbocycles. The number of aliphatic hydroxyl groups is 1. The lowest BCUT2D eigenvalue weighted by atomic mass is 9.61. The molecule has 2 aromatic carbocycles. The normalized spacial score (nSPS) is 25.1. The maximum absolute atomic E-state index is 13.4. The average molecular weight is 528 g/mol. The van der Waals surface area contributed by atoms with Crippen molar-refractivity contribution < 1.29 is 38.6 Å². The number of benzene rings is 2. The minimum atomic E-state index is -1.65. The molecule has 12 heteroatoms. The van der Waals surface area contributed by atoms with Crippen molar-refractivity contribution in [3.8, 4) is 11.5 Å². The average Bonchev–Trinajstić information content (AvgIpc) is 3.35. The van der Waals surface area contributed by atoms with Crippen molar-refractivity contribution in [2.75, 3.05) is 25.4 Å². The number of fused-ring (bicyclic) bond motifs is 1. The first-order chi connectivity index (χ1) is 18.2. The monoisotopic (exact) mass is 527 g/mol. The first-order valence-electron chi connectivity index (χ1n) is 12.2.